The Morgan fingerprint density at radius 1 is 1.47 bits per heavy atom. The number of alkyl halides is 3. The predicted molar refractivity (Wildman–Crippen MR) is 70.9 cm³/mol. The average Bonchev–Trinajstić information content (AvgIpc) is 2.34. The van der Waals surface area contributed by atoms with Crippen LogP contribution in [0.3, 0.4) is 0 Å². The molecule has 1 aromatic rings. The average molecular weight is 341 g/mol. The third-order valence-electron chi connectivity index (χ3n) is 2.64. The lowest BCUT2D eigenvalue weighted by Crippen LogP contribution is -2.14. The van der Waals surface area contributed by atoms with Crippen LogP contribution in [0.5, 0.6) is 0 Å². The van der Waals surface area contributed by atoms with Crippen LogP contribution in [-0.2, 0) is 6.18 Å². The van der Waals surface area contributed by atoms with Crippen molar-refractivity contribution < 1.29 is 18.3 Å². The van der Waals surface area contributed by atoms with Gasteiger partial charge in [0.05, 0.1) is 5.56 Å². The number of rotatable bonds is 6. The summed E-state index contributed by atoms with van der Waals surface area (Å²) in [4.78, 5) is 3.75. The molecule has 1 aromatic heterocycles. The first-order valence-corrected chi connectivity index (χ1v) is 6.71. The lowest BCUT2D eigenvalue weighted by molar-refractivity contribution is -0.137. The van der Waals surface area contributed by atoms with E-state index >= 15 is 0 Å². The van der Waals surface area contributed by atoms with E-state index in [9.17, 15) is 13.2 Å². The topological polar surface area (TPSA) is 45.1 Å². The largest absolute Gasteiger partial charge is 0.419 e. The van der Waals surface area contributed by atoms with Crippen molar-refractivity contribution in [3.63, 3.8) is 0 Å². The maximum atomic E-state index is 12.8. The van der Waals surface area contributed by atoms with E-state index in [4.69, 9.17) is 5.11 Å². The Labute approximate surface area is 118 Å². The number of aliphatic hydroxyl groups is 1. The van der Waals surface area contributed by atoms with Crippen molar-refractivity contribution in [3.05, 3.63) is 22.3 Å². The molecule has 1 heterocycles. The zero-order valence-corrected chi connectivity index (χ0v) is 12.1. The van der Waals surface area contributed by atoms with Gasteiger partial charge in [0.1, 0.15) is 5.82 Å². The molecule has 2 N–H and O–H groups in total. The maximum Gasteiger partial charge on any atom is 0.419 e. The van der Waals surface area contributed by atoms with E-state index in [1.54, 1.807) is 0 Å². The molecule has 19 heavy (non-hydrogen) atoms. The van der Waals surface area contributed by atoms with Crippen molar-refractivity contribution in [2.24, 2.45) is 5.92 Å². The monoisotopic (exact) mass is 340 g/mol. The van der Waals surface area contributed by atoms with Crippen LogP contribution in [0.2, 0.25) is 0 Å². The predicted octanol–water partition coefficient (Wildman–Crippen LogP) is 3.68. The number of hydrogen-bond acceptors (Lipinski definition) is 3. The third-order valence-corrected chi connectivity index (χ3v) is 3.07. The SMILES string of the molecule is CC(CO)CCCNc1ncc(Br)cc1C(F)(F)F. The summed E-state index contributed by atoms with van der Waals surface area (Å²) < 4.78 is 38.7. The normalized spacial score (nSPS) is 13.4. The summed E-state index contributed by atoms with van der Waals surface area (Å²) >= 11 is 2.98. The zero-order chi connectivity index (χ0) is 14.5. The molecule has 0 aromatic carbocycles. The maximum absolute atomic E-state index is 12.8. The molecule has 0 aliphatic carbocycles. The van der Waals surface area contributed by atoms with Gasteiger partial charge in [0.2, 0.25) is 0 Å². The van der Waals surface area contributed by atoms with E-state index in [1.807, 2.05) is 6.92 Å². The van der Waals surface area contributed by atoms with E-state index in [0.29, 0.717) is 17.4 Å². The molecular weight excluding hydrogens is 325 g/mol. The minimum atomic E-state index is -4.43. The van der Waals surface area contributed by atoms with Crippen LogP contribution in [0.1, 0.15) is 25.3 Å². The van der Waals surface area contributed by atoms with E-state index in [2.05, 4.69) is 26.2 Å². The quantitative estimate of drug-likeness (QED) is 0.776. The number of nitrogens with zero attached hydrogens (tertiary/aromatic N) is 1. The first kappa shape index (κ1) is 16.2. The van der Waals surface area contributed by atoms with Gasteiger partial charge < -0.3 is 10.4 Å². The Balaban J connectivity index is 2.63. The minimum absolute atomic E-state index is 0.0876. The van der Waals surface area contributed by atoms with Crippen molar-refractivity contribution in [3.8, 4) is 0 Å². The Hall–Kier alpha value is -0.820. The van der Waals surface area contributed by atoms with Crippen molar-refractivity contribution >= 4 is 21.7 Å². The van der Waals surface area contributed by atoms with Crippen LogP contribution in [0, 0.1) is 5.92 Å². The van der Waals surface area contributed by atoms with E-state index in [-0.39, 0.29) is 18.3 Å². The number of halogens is 4. The van der Waals surface area contributed by atoms with Gasteiger partial charge >= 0.3 is 6.18 Å². The highest BCUT2D eigenvalue weighted by Gasteiger charge is 2.34. The number of anilines is 1. The summed E-state index contributed by atoms with van der Waals surface area (Å²) in [6.45, 7) is 2.37. The summed E-state index contributed by atoms with van der Waals surface area (Å²) in [6, 6.07) is 1.01. The van der Waals surface area contributed by atoms with Crippen molar-refractivity contribution in [2.75, 3.05) is 18.5 Å². The van der Waals surface area contributed by atoms with Gasteiger partial charge in [-0.2, -0.15) is 13.2 Å². The molecule has 0 aliphatic heterocycles. The molecular formula is C12H16BrF3N2O. The van der Waals surface area contributed by atoms with Gasteiger partial charge in [-0.1, -0.05) is 6.92 Å². The molecule has 0 amide bonds. The molecule has 0 spiro atoms. The standard InChI is InChI=1S/C12H16BrF3N2O/c1-8(7-19)3-2-4-17-11-10(12(14,15)16)5-9(13)6-18-11/h5-6,8,19H,2-4,7H2,1H3,(H,17,18). The highest BCUT2D eigenvalue weighted by Crippen LogP contribution is 2.35. The molecule has 1 rings (SSSR count). The lowest BCUT2D eigenvalue weighted by atomic mass is 10.1. The Morgan fingerprint density at radius 3 is 2.74 bits per heavy atom. The second kappa shape index (κ2) is 7.09. The molecule has 108 valence electrons. The van der Waals surface area contributed by atoms with Crippen molar-refractivity contribution in [1.82, 2.24) is 4.98 Å². The van der Waals surface area contributed by atoms with Gasteiger partial charge in [0.25, 0.3) is 0 Å². The van der Waals surface area contributed by atoms with Gasteiger partial charge in [-0.15, -0.1) is 0 Å². The van der Waals surface area contributed by atoms with E-state index < -0.39 is 11.7 Å². The molecule has 0 radical (unpaired) electrons. The second-order valence-electron chi connectivity index (χ2n) is 4.40. The van der Waals surface area contributed by atoms with Gasteiger partial charge in [-0.3, -0.25) is 0 Å². The molecule has 1 unspecified atom stereocenters. The lowest BCUT2D eigenvalue weighted by Gasteiger charge is -2.14. The molecule has 0 aliphatic rings. The van der Waals surface area contributed by atoms with Gasteiger partial charge in [-0.25, -0.2) is 4.98 Å². The number of aliphatic hydroxyl groups excluding tert-OH is 1. The zero-order valence-electron chi connectivity index (χ0n) is 10.5. The first-order valence-electron chi connectivity index (χ1n) is 5.92. The van der Waals surface area contributed by atoms with Gasteiger partial charge in [0, 0.05) is 23.8 Å². The fraction of sp³-hybridized carbons (Fsp3) is 0.583. The van der Waals surface area contributed by atoms with Crippen LogP contribution >= 0.6 is 15.9 Å². The minimum Gasteiger partial charge on any atom is -0.396 e. The smallest absolute Gasteiger partial charge is 0.396 e. The number of hydrogen-bond donors (Lipinski definition) is 2. The van der Waals surface area contributed by atoms with Crippen LogP contribution < -0.4 is 5.32 Å². The van der Waals surface area contributed by atoms with Crippen molar-refractivity contribution in [2.45, 2.75) is 25.9 Å². The molecule has 1 atom stereocenters. The van der Waals surface area contributed by atoms with Crippen LogP contribution in [0.4, 0.5) is 19.0 Å². The molecule has 0 saturated heterocycles. The highest BCUT2D eigenvalue weighted by molar-refractivity contribution is 9.10. The summed E-state index contributed by atoms with van der Waals surface area (Å²) in [5, 5.41) is 11.5. The number of pyridine rings is 1. The Kier molecular flexibility index (Phi) is 6.06. The number of nitrogens with one attached hydrogen (secondary N) is 1. The summed E-state index contributed by atoms with van der Waals surface area (Å²) in [7, 11) is 0. The summed E-state index contributed by atoms with van der Waals surface area (Å²) in [5.74, 6) is -0.00545. The molecule has 7 heteroatoms. The fourth-order valence-electron chi connectivity index (χ4n) is 1.54. The van der Waals surface area contributed by atoms with E-state index in [0.717, 1.165) is 12.5 Å². The second-order valence-corrected chi connectivity index (χ2v) is 5.32. The first-order chi connectivity index (χ1) is 8.84. The molecule has 0 fully saturated rings. The van der Waals surface area contributed by atoms with Gasteiger partial charge in [0.15, 0.2) is 0 Å². The highest BCUT2D eigenvalue weighted by atomic mass is 79.9. The van der Waals surface area contributed by atoms with Crippen molar-refractivity contribution in [1.29, 1.82) is 0 Å². The fourth-order valence-corrected chi connectivity index (χ4v) is 1.88. The Bertz CT molecular complexity index is 412. The summed E-state index contributed by atoms with van der Waals surface area (Å²) in [5.41, 5.74) is -0.780. The van der Waals surface area contributed by atoms with Crippen LogP contribution in [0.25, 0.3) is 0 Å². The van der Waals surface area contributed by atoms with Crippen LogP contribution in [-0.4, -0.2) is 23.2 Å². The third kappa shape index (κ3) is 5.36. The van der Waals surface area contributed by atoms with Crippen LogP contribution in [0.15, 0.2) is 16.7 Å². The molecule has 3 nitrogen and oxygen atoms in total. The van der Waals surface area contributed by atoms with Gasteiger partial charge in [-0.05, 0) is 40.8 Å². The summed E-state index contributed by atoms with van der Waals surface area (Å²) in [6.07, 6.45) is -1.68. The number of aromatic nitrogens is 1. The molecule has 0 bridgehead atoms. The Morgan fingerprint density at radius 2 is 2.16 bits per heavy atom. The molecule has 0 saturated carbocycles. The van der Waals surface area contributed by atoms with E-state index in [1.165, 1.54) is 6.20 Å².